The summed E-state index contributed by atoms with van der Waals surface area (Å²) in [5.41, 5.74) is 7.56. The third-order valence-corrected chi connectivity index (χ3v) is 7.56. The third-order valence-electron chi connectivity index (χ3n) is 6.72. The molecule has 3 nitrogen and oxygen atoms in total. The van der Waals surface area contributed by atoms with Gasteiger partial charge in [0, 0.05) is 16.6 Å². The molecule has 1 heterocycles. The maximum absolute atomic E-state index is 6.15. The molecule has 0 aromatic heterocycles. The second kappa shape index (κ2) is 9.08. The zero-order valence-corrected chi connectivity index (χ0v) is 21.3. The van der Waals surface area contributed by atoms with Crippen LogP contribution in [0.1, 0.15) is 46.2 Å². The van der Waals surface area contributed by atoms with Crippen LogP contribution in [0.3, 0.4) is 0 Å². The van der Waals surface area contributed by atoms with Gasteiger partial charge in [-0.25, -0.2) is 0 Å². The van der Waals surface area contributed by atoms with Crippen LogP contribution < -0.4 is 14.8 Å². The summed E-state index contributed by atoms with van der Waals surface area (Å²) in [5.74, 6) is 2.33. The standard InChI is InChI=1S/C28H27BrClNO2/c1-16-11-17(2)26-21-5-4-6-22(21)27(31-24(26)12-16)19-13-23(29)28(25(14-19)32-3)33-15-18-7-9-20(30)10-8-18/h4-5,7-14,21-22,27,31H,6,15H2,1-3H3/t21-,22+,27+/m1/s1. The van der Waals surface area contributed by atoms with Gasteiger partial charge in [0.1, 0.15) is 6.61 Å². The van der Waals surface area contributed by atoms with Gasteiger partial charge >= 0.3 is 0 Å². The van der Waals surface area contributed by atoms with E-state index in [1.54, 1.807) is 7.11 Å². The predicted octanol–water partition coefficient (Wildman–Crippen LogP) is 8.13. The molecule has 0 unspecified atom stereocenters. The van der Waals surface area contributed by atoms with Gasteiger partial charge in [0.25, 0.3) is 0 Å². The Bertz CT molecular complexity index is 1220. The summed E-state index contributed by atoms with van der Waals surface area (Å²) < 4.78 is 12.8. The molecule has 1 aliphatic carbocycles. The third kappa shape index (κ3) is 4.27. The molecule has 2 aliphatic rings. The van der Waals surface area contributed by atoms with E-state index in [-0.39, 0.29) is 6.04 Å². The van der Waals surface area contributed by atoms with Crippen LogP contribution in [0, 0.1) is 19.8 Å². The Morgan fingerprint density at radius 1 is 1.09 bits per heavy atom. The molecule has 0 spiro atoms. The first kappa shape index (κ1) is 22.4. The Balaban J connectivity index is 1.47. The zero-order chi connectivity index (χ0) is 23.1. The first-order valence-electron chi connectivity index (χ1n) is 11.2. The maximum Gasteiger partial charge on any atom is 0.175 e. The topological polar surface area (TPSA) is 30.5 Å². The number of benzene rings is 3. The lowest BCUT2D eigenvalue weighted by atomic mass is 9.75. The van der Waals surface area contributed by atoms with Crippen LogP contribution in [-0.4, -0.2) is 7.11 Å². The van der Waals surface area contributed by atoms with Gasteiger partial charge in [0.2, 0.25) is 0 Å². The van der Waals surface area contributed by atoms with Crippen molar-refractivity contribution in [3.63, 3.8) is 0 Å². The first-order valence-corrected chi connectivity index (χ1v) is 12.4. The Morgan fingerprint density at radius 3 is 2.64 bits per heavy atom. The van der Waals surface area contributed by atoms with Gasteiger partial charge in [-0.3, -0.25) is 0 Å². The number of nitrogens with one attached hydrogen (secondary N) is 1. The molecule has 3 atom stereocenters. The monoisotopic (exact) mass is 523 g/mol. The summed E-state index contributed by atoms with van der Waals surface area (Å²) >= 11 is 9.75. The highest BCUT2D eigenvalue weighted by Crippen LogP contribution is 2.52. The van der Waals surface area contributed by atoms with Crippen molar-refractivity contribution in [2.24, 2.45) is 5.92 Å². The lowest BCUT2D eigenvalue weighted by molar-refractivity contribution is 0.282. The van der Waals surface area contributed by atoms with Crippen LogP contribution in [0.4, 0.5) is 5.69 Å². The highest BCUT2D eigenvalue weighted by molar-refractivity contribution is 9.10. The van der Waals surface area contributed by atoms with Gasteiger partial charge in [0.15, 0.2) is 11.5 Å². The van der Waals surface area contributed by atoms with Crippen molar-refractivity contribution in [3.05, 3.63) is 98.0 Å². The minimum absolute atomic E-state index is 0.189. The van der Waals surface area contributed by atoms with Crippen LogP contribution in [0.25, 0.3) is 0 Å². The van der Waals surface area contributed by atoms with Crippen LogP contribution in [0.5, 0.6) is 11.5 Å². The molecule has 5 heteroatoms. The molecule has 3 aromatic carbocycles. The van der Waals surface area contributed by atoms with Crippen molar-refractivity contribution < 1.29 is 9.47 Å². The van der Waals surface area contributed by atoms with E-state index >= 15 is 0 Å². The number of allylic oxidation sites excluding steroid dienone is 2. The predicted molar refractivity (Wildman–Crippen MR) is 139 cm³/mol. The van der Waals surface area contributed by atoms with E-state index < -0.39 is 0 Å². The van der Waals surface area contributed by atoms with Crippen molar-refractivity contribution in [2.45, 2.75) is 38.8 Å². The average molecular weight is 525 g/mol. The highest BCUT2D eigenvalue weighted by Gasteiger charge is 2.39. The molecule has 3 aromatic rings. The van der Waals surface area contributed by atoms with E-state index in [9.17, 15) is 0 Å². The van der Waals surface area contributed by atoms with Gasteiger partial charge in [0.05, 0.1) is 17.6 Å². The normalized spacial score (nSPS) is 20.7. The SMILES string of the molecule is COc1cc([C@@H]2Nc3cc(C)cc(C)c3[C@@H]3C=CC[C@@H]32)cc(Br)c1OCc1ccc(Cl)cc1. The Hall–Kier alpha value is -2.43. The fraction of sp³-hybridized carbons (Fsp3) is 0.286. The number of aryl methyl sites for hydroxylation is 2. The Kier molecular flexibility index (Phi) is 6.15. The largest absolute Gasteiger partial charge is 0.493 e. The molecule has 0 saturated heterocycles. The van der Waals surface area contributed by atoms with Gasteiger partial charge in [-0.2, -0.15) is 0 Å². The molecule has 33 heavy (non-hydrogen) atoms. The van der Waals surface area contributed by atoms with Gasteiger partial charge in [-0.15, -0.1) is 0 Å². The molecule has 1 N–H and O–H groups in total. The number of methoxy groups -OCH3 is 1. The van der Waals surface area contributed by atoms with Crippen LogP contribution >= 0.6 is 27.5 Å². The fourth-order valence-electron chi connectivity index (χ4n) is 5.27. The maximum atomic E-state index is 6.15. The summed E-state index contributed by atoms with van der Waals surface area (Å²) in [5, 5.41) is 4.57. The molecule has 5 rings (SSSR count). The molecule has 1 aliphatic heterocycles. The van der Waals surface area contributed by atoms with Crippen LogP contribution in [-0.2, 0) is 6.61 Å². The number of hydrogen-bond acceptors (Lipinski definition) is 3. The summed E-state index contributed by atoms with van der Waals surface area (Å²) in [4.78, 5) is 0. The van der Waals surface area contributed by atoms with Crippen molar-refractivity contribution >= 4 is 33.2 Å². The second-order valence-corrected chi connectivity index (χ2v) is 10.3. The second-order valence-electron chi connectivity index (χ2n) is 8.97. The quantitative estimate of drug-likeness (QED) is 0.342. The van der Waals surface area contributed by atoms with E-state index in [4.69, 9.17) is 21.1 Å². The zero-order valence-electron chi connectivity index (χ0n) is 19.0. The number of rotatable bonds is 5. The van der Waals surface area contributed by atoms with Gasteiger partial charge in [-0.05, 0) is 100 Å². The highest BCUT2D eigenvalue weighted by atomic mass is 79.9. The van der Waals surface area contributed by atoms with E-state index in [2.05, 4.69) is 71.5 Å². The molecule has 0 radical (unpaired) electrons. The van der Waals surface area contributed by atoms with E-state index in [1.807, 2.05) is 24.3 Å². The fourth-order valence-corrected chi connectivity index (χ4v) is 5.97. The van der Waals surface area contributed by atoms with Gasteiger partial charge in [-0.1, -0.05) is 42.0 Å². The molecule has 0 bridgehead atoms. The lowest BCUT2D eigenvalue weighted by Crippen LogP contribution is -2.29. The Labute approximate surface area is 208 Å². The number of anilines is 1. The first-order chi connectivity index (χ1) is 15.9. The van der Waals surface area contributed by atoms with Gasteiger partial charge < -0.3 is 14.8 Å². The van der Waals surface area contributed by atoms with Crippen molar-refractivity contribution in [2.75, 3.05) is 12.4 Å². The van der Waals surface area contributed by atoms with E-state index in [0.29, 0.717) is 29.2 Å². The number of halogens is 2. The summed E-state index contributed by atoms with van der Waals surface area (Å²) in [7, 11) is 1.69. The Morgan fingerprint density at radius 2 is 1.88 bits per heavy atom. The van der Waals surface area contributed by atoms with E-state index in [1.165, 1.54) is 27.9 Å². The summed E-state index contributed by atoms with van der Waals surface area (Å²) in [6, 6.07) is 16.7. The molecule has 0 fully saturated rings. The minimum Gasteiger partial charge on any atom is -0.493 e. The van der Waals surface area contributed by atoms with Crippen molar-refractivity contribution in [1.82, 2.24) is 0 Å². The number of fused-ring (bicyclic) bond motifs is 3. The lowest BCUT2D eigenvalue weighted by Gasteiger charge is -2.39. The summed E-state index contributed by atoms with van der Waals surface area (Å²) in [6.45, 7) is 4.82. The van der Waals surface area contributed by atoms with E-state index in [0.717, 1.165) is 22.2 Å². The summed E-state index contributed by atoms with van der Waals surface area (Å²) in [6.07, 6.45) is 5.77. The molecule has 0 amide bonds. The van der Waals surface area contributed by atoms with Crippen LogP contribution in [0.15, 0.2) is 65.2 Å². The average Bonchev–Trinajstić information content (AvgIpc) is 3.27. The molecule has 170 valence electrons. The number of hydrogen-bond donors (Lipinski definition) is 1. The molecule has 0 saturated carbocycles. The molecular formula is C28H27BrClNO2. The molecular weight excluding hydrogens is 498 g/mol. The van der Waals surface area contributed by atoms with Crippen molar-refractivity contribution in [3.8, 4) is 11.5 Å². The van der Waals surface area contributed by atoms with Crippen LogP contribution in [0.2, 0.25) is 5.02 Å². The number of ether oxygens (including phenoxy) is 2. The minimum atomic E-state index is 0.189. The smallest absolute Gasteiger partial charge is 0.175 e. The van der Waals surface area contributed by atoms with Crippen molar-refractivity contribution in [1.29, 1.82) is 0 Å².